The van der Waals surface area contributed by atoms with Gasteiger partial charge in [0, 0.05) is 6.42 Å². The summed E-state index contributed by atoms with van der Waals surface area (Å²) >= 11 is 0. The first-order valence-corrected chi connectivity index (χ1v) is 5.72. The van der Waals surface area contributed by atoms with Gasteiger partial charge in [-0.05, 0) is 38.0 Å². The maximum Gasteiger partial charge on any atom is 0.170 e. The maximum absolute atomic E-state index is 12.1. The van der Waals surface area contributed by atoms with Crippen LogP contribution >= 0.6 is 0 Å². The second kappa shape index (κ2) is 4.58. The molecule has 0 bridgehead atoms. The Morgan fingerprint density at radius 2 is 1.88 bits per heavy atom. The number of hydrogen-bond donors (Lipinski definition) is 0. The minimum atomic E-state index is 0.119. The van der Waals surface area contributed by atoms with E-state index in [-0.39, 0.29) is 5.78 Å². The van der Waals surface area contributed by atoms with Crippen LogP contribution in [0.15, 0.2) is 34.7 Å². The molecule has 1 heterocycles. The molecule has 1 aromatic carbocycles. The van der Waals surface area contributed by atoms with Crippen LogP contribution in [0.3, 0.4) is 0 Å². The predicted molar refractivity (Wildman–Crippen MR) is 67.4 cm³/mol. The van der Waals surface area contributed by atoms with Gasteiger partial charge in [-0.3, -0.25) is 4.79 Å². The fraction of sp³-hybridized carbons (Fsp3) is 0.267. The van der Waals surface area contributed by atoms with E-state index in [1.54, 1.807) is 0 Å². The van der Waals surface area contributed by atoms with Gasteiger partial charge < -0.3 is 4.42 Å². The molecule has 0 spiro atoms. The van der Waals surface area contributed by atoms with E-state index in [1.807, 2.05) is 51.1 Å². The molecule has 0 N–H and O–H groups in total. The first kappa shape index (κ1) is 11.6. The van der Waals surface area contributed by atoms with Gasteiger partial charge >= 0.3 is 0 Å². The summed E-state index contributed by atoms with van der Waals surface area (Å²) in [5.74, 6) is 1.62. The van der Waals surface area contributed by atoms with Crippen LogP contribution in [0.1, 0.15) is 33.0 Å². The highest BCUT2D eigenvalue weighted by Crippen LogP contribution is 2.17. The molecule has 0 unspecified atom stereocenters. The minimum absolute atomic E-state index is 0.119. The van der Waals surface area contributed by atoms with E-state index in [2.05, 4.69) is 0 Å². The molecule has 0 radical (unpaired) electrons. The minimum Gasteiger partial charge on any atom is -0.466 e. The zero-order valence-electron chi connectivity index (χ0n) is 10.4. The highest BCUT2D eigenvalue weighted by atomic mass is 16.3. The molecule has 0 atom stereocenters. The van der Waals surface area contributed by atoms with Gasteiger partial charge in [-0.15, -0.1) is 0 Å². The molecule has 2 rings (SSSR count). The van der Waals surface area contributed by atoms with E-state index >= 15 is 0 Å². The number of Topliss-reactive ketones (excluding diaryl/α,β-unsaturated/α-hetero) is 1. The standard InChI is InChI=1S/C15H16O2/c1-10-6-4-5-7-13(10)9-15(16)14-8-11(2)17-12(14)3/h4-8H,9H2,1-3H3. The highest BCUT2D eigenvalue weighted by Gasteiger charge is 2.14. The second-order valence-corrected chi connectivity index (χ2v) is 4.35. The Kier molecular flexibility index (Phi) is 3.14. The Morgan fingerprint density at radius 3 is 2.47 bits per heavy atom. The average Bonchev–Trinajstić information content (AvgIpc) is 2.61. The van der Waals surface area contributed by atoms with Gasteiger partial charge in [0.25, 0.3) is 0 Å². The maximum atomic E-state index is 12.1. The first-order chi connectivity index (χ1) is 8.08. The molecule has 88 valence electrons. The summed E-state index contributed by atoms with van der Waals surface area (Å²) in [4.78, 5) is 12.1. The molecule has 0 fully saturated rings. The van der Waals surface area contributed by atoms with Crippen molar-refractivity contribution in [3.05, 3.63) is 58.5 Å². The molecule has 0 saturated carbocycles. The molecular formula is C15H16O2. The Morgan fingerprint density at radius 1 is 1.18 bits per heavy atom. The van der Waals surface area contributed by atoms with E-state index in [4.69, 9.17) is 4.42 Å². The number of aryl methyl sites for hydroxylation is 3. The lowest BCUT2D eigenvalue weighted by molar-refractivity contribution is 0.0991. The zero-order valence-corrected chi connectivity index (χ0v) is 10.4. The fourth-order valence-electron chi connectivity index (χ4n) is 1.98. The van der Waals surface area contributed by atoms with Crippen molar-refractivity contribution in [1.82, 2.24) is 0 Å². The van der Waals surface area contributed by atoms with Crippen LogP contribution in [0.4, 0.5) is 0 Å². The number of rotatable bonds is 3. The van der Waals surface area contributed by atoms with Crippen LogP contribution in [0.2, 0.25) is 0 Å². The van der Waals surface area contributed by atoms with Crippen LogP contribution in [-0.4, -0.2) is 5.78 Å². The predicted octanol–water partition coefficient (Wildman–Crippen LogP) is 3.63. The number of furan rings is 1. The van der Waals surface area contributed by atoms with E-state index < -0.39 is 0 Å². The van der Waals surface area contributed by atoms with Crippen LogP contribution in [0.5, 0.6) is 0 Å². The van der Waals surface area contributed by atoms with Crippen molar-refractivity contribution in [2.75, 3.05) is 0 Å². The molecule has 2 heteroatoms. The number of hydrogen-bond acceptors (Lipinski definition) is 2. The summed E-state index contributed by atoms with van der Waals surface area (Å²) in [5, 5.41) is 0. The van der Waals surface area contributed by atoms with Crippen LogP contribution in [0, 0.1) is 20.8 Å². The fourth-order valence-corrected chi connectivity index (χ4v) is 1.98. The molecule has 17 heavy (non-hydrogen) atoms. The van der Waals surface area contributed by atoms with Crippen molar-refractivity contribution < 1.29 is 9.21 Å². The van der Waals surface area contributed by atoms with Gasteiger partial charge in [0.05, 0.1) is 5.56 Å². The topological polar surface area (TPSA) is 30.2 Å². The molecule has 2 aromatic rings. The summed E-state index contributed by atoms with van der Waals surface area (Å²) in [6.45, 7) is 5.71. The van der Waals surface area contributed by atoms with Crippen LogP contribution < -0.4 is 0 Å². The van der Waals surface area contributed by atoms with Gasteiger partial charge in [-0.2, -0.15) is 0 Å². The lowest BCUT2D eigenvalue weighted by atomic mass is 10.00. The smallest absolute Gasteiger partial charge is 0.170 e. The molecule has 0 aliphatic carbocycles. The lowest BCUT2D eigenvalue weighted by Crippen LogP contribution is -2.04. The van der Waals surface area contributed by atoms with Crippen molar-refractivity contribution in [3.63, 3.8) is 0 Å². The summed E-state index contributed by atoms with van der Waals surface area (Å²) in [7, 11) is 0. The summed E-state index contributed by atoms with van der Waals surface area (Å²) in [6.07, 6.45) is 0.437. The Bertz CT molecular complexity index is 550. The van der Waals surface area contributed by atoms with Gasteiger partial charge in [0.15, 0.2) is 5.78 Å². The molecule has 1 aromatic heterocycles. The average molecular weight is 228 g/mol. The first-order valence-electron chi connectivity index (χ1n) is 5.72. The Hall–Kier alpha value is -1.83. The molecule has 0 saturated heterocycles. The lowest BCUT2D eigenvalue weighted by Gasteiger charge is -2.03. The van der Waals surface area contributed by atoms with Crippen molar-refractivity contribution in [1.29, 1.82) is 0 Å². The molecular weight excluding hydrogens is 212 g/mol. The van der Waals surface area contributed by atoms with Gasteiger partial charge in [-0.1, -0.05) is 24.3 Å². The molecule has 0 aliphatic rings. The number of ketones is 1. The number of benzene rings is 1. The third-order valence-electron chi connectivity index (χ3n) is 2.95. The van der Waals surface area contributed by atoms with Gasteiger partial charge in [0.2, 0.25) is 0 Å². The normalized spacial score (nSPS) is 10.5. The second-order valence-electron chi connectivity index (χ2n) is 4.35. The van der Waals surface area contributed by atoms with Crippen LogP contribution in [-0.2, 0) is 6.42 Å². The van der Waals surface area contributed by atoms with Gasteiger partial charge in [0.1, 0.15) is 11.5 Å². The van der Waals surface area contributed by atoms with Crippen molar-refractivity contribution in [2.45, 2.75) is 27.2 Å². The highest BCUT2D eigenvalue weighted by molar-refractivity contribution is 5.98. The Balaban J connectivity index is 2.23. The SMILES string of the molecule is Cc1cc(C(=O)Cc2ccccc2C)c(C)o1. The summed E-state index contributed by atoms with van der Waals surface area (Å²) in [5.41, 5.74) is 2.93. The van der Waals surface area contributed by atoms with Crippen molar-refractivity contribution >= 4 is 5.78 Å². The zero-order chi connectivity index (χ0) is 12.4. The third kappa shape index (κ3) is 2.47. The molecule has 2 nitrogen and oxygen atoms in total. The molecule has 0 aliphatic heterocycles. The summed E-state index contributed by atoms with van der Waals surface area (Å²) < 4.78 is 5.38. The largest absolute Gasteiger partial charge is 0.466 e. The van der Waals surface area contributed by atoms with Crippen molar-refractivity contribution in [3.8, 4) is 0 Å². The number of carbonyl (C=O) groups is 1. The van der Waals surface area contributed by atoms with Crippen LogP contribution in [0.25, 0.3) is 0 Å². The quantitative estimate of drug-likeness (QED) is 0.751. The van der Waals surface area contributed by atoms with E-state index in [0.717, 1.165) is 16.9 Å². The van der Waals surface area contributed by atoms with E-state index in [9.17, 15) is 4.79 Å². The van der Waals surface area contributed by atoms with Crippen molar-refractivity contribution in [2.24, 2.45) is 0 Å². The van der Waals surface area contributed by atoms with E-state index in [1.165, 1.54) is 0 Å². The summed E-state index contributed by atoms with van der Waals surface area (Å²) in [6, 6.07) is 9.78. The van der Waals surface area contributed by atoms with E-state index in [0.29, 0.717) is 17.7 Å². The molecule has 0 amide bonds. The Labute approximate surface area is 101 Å². The number of carbonyl (C=O) groups excluding carboxylic acids is 1. The third-order valence-corrected chi connectivity index (χ3v) is 2.95. The van der Waals surface area contributed by atoms with Gasteiger partial charge in [-0.25, -0.2) is 0 Å². The monoisotopic (exact) mass is 228 g/mol.